The van der Waals surface area contributed by atoms with Crippen molar-refractivity contribution < 1.29 is 9.85 Å². The number of rotatable bonds is 5. The van der Waals surface area contributed by atoms with E-state index in [-0.39, 0.29) is 12.8 Å². The Morgan fingerprint density at radius 3 is 2.08 bits per heavy atom. The average molecular weight is 174 g/mol. The van der Waals surface area contributed by atoms with E-state index in [1.165, 1.54) is 6.08 Å². The molecule has 0 aliphatic rings. The van der Waals surface area contributed by atoms with E-state index in [0.29, 0.717) is 0 Å². The van der Waals surface area contributed by atoms with Crippen molar-refractivity contribution in [3.05, 3.63) is 32.9 Å². The van der Waals surface area contributed by atoms with Gasteiger partial charge in [0.2, 0.25) is 0 Å². The summed E-state index contributed by atoms with van der Waals surface area (Å²) in [6.07, 6.45) is 1.56. The summed E-state index contributed by atoms with van der Waals surface area (Å²) in [5.74, 6) is 0. The second-order valence-electron chi connectivity index (χ2n) is 2.56. The third kappa shape index (κ3) is 2.01. The van der Waals surface area contributed by atoms with Gasteiger partial charge in [0.05, 0.1) is 23.2 Å². The van der Waals surface area contributed by atoms with Gasteiger partial charge in [-0.15, -0.1) is 6.58 Å². The lowest BCUT2D eigenvalue weighted by Crippen LogP contribution is -2.42. The molecule has 0 atom stereocenters. The van der Waals surface area contributed by atoms with Crippen LogP contribution in [0.1, 0.15) is 19.8 Å². The van der Waals surface area contributed by atoms with Crippen LogP contribution in [0.3, 0.4) is 0 Å². The highest BCUT2D eigenvalue weighted by molar-refractivity contribution is 4.71. The summed E-state index contributed by atoms with van der Waals surface area (Å²) in [5, 5.41) is 20.6. The molecule has 0 bridgehead atoms. The molecule has 0 aliphatic heterocycles. The van der Waals surface area contributed by atoms with E-state index in [2.05, 4.69) is 6.58 Å². The van der Waals surface area contributed by atoms with Gasteiger partial charge in [-0.2, -0.15) is 0 Å². The lowest BCUT2D eigenvalue weighted by atomic mass is 10.1. The third-order valence-corrected chi connectivity index (χ3v) is 1.61. The summed E-state index contributed by atoms with van der Waals surface area (Å²) < 4.78 is 0. The fourth-order valence-corrected chi connectivity index (χ4v) is 0.625. The van der Waals surface area contributed by atoms with Gasteiger partial charge in [0.1, 0.15) is 0 Å². The highest BCUT2D eigenvalue weighted by Gasteiger charge is 2.49. The molecule has 0 spiro atoms. The maximum atomic E-state index is 10.3. The largest absolute Gasteiger partial charge is 0.456 e. The molecule has 6 heteroatoms. The first-order chi connectivity index (χ1) is 5.45. The van der Waals surface area contributed by atoms with Crippen molar-refractivity contribution in [2.75, 3.05) is 0 Å². The number of nitrogens with zero attached hydrogens (tertiary/aromatic N) is 2. The number of nitro groups is 2. The van der Waals surface area contributed by atoms with Crippen molar-refractivity contribution >= 4 is 0 Å². The van der Waals surface area contributed by atoms with Crippen LogP contribution >= 0.6 is 0 Å². The zero-order valence-corrected chi connectivity index (χ0v) is 6.73. The van der Waals surface area contributed by atoms with Gasteiger partial charge in [-0.1, -0.05) is 6.08 Å². The van der Waals surface area contributed by atoms with Crippen LogP contribution in [0.4, 0.5) is 0 Å². The first-order valence-corrected chi connectivity index (χ1v) is 3.35. The topological polar surface area (TPSA) is 86.3 Å². The smallest absolute Gasteiger partial charge is 0.258 e. The van der Waals surface area contributed by atoms with Gasteiger partial charge in [0, 0.05) is 0 Å². The zero-order valence-electron chi connectivity index (χ0n) is 6.73. The first-order valence-electron chi connectivity index (χ1n) is 3.35. The minimum Gasteiger partial charge on any atom is -0.258 e. The number of hydrogen-bond acceptors (Lipinski definition) is 4. The van der Waals surface area contributed by atoms with Gasteiger partial charge in [0.25, 0.3) is 0 Å². The Hall–Kier alpha value is -1.46. The summed E-state index contributed by atoms with van der Waals surface area (Å²) in [4.78, 5) is 18.8. The van der Waals surface area contributed by atoms with Gasteiger partial charge >= 0.3 is 5.66 Å². The lowest BCUT2D eigenvalue weighted by molar-refractivity contribution is -0.792. The summed E-state index contributed by atoms with van der Waals surface area (Å²) in [6, 6.07) is 0. The molecule has 68 valence electrons. The average Bonchev–Trinajstić information content (AvgIpc) is 1.99. The second-order valence-corrected chi connectivity index (χ2v) is 2.56. The van der Waals surface area contributed by atoms with E-state index in [9.17, 15) is 20.2 Å². The Kier molecular flexibility index (Phi) is 3.33. The molecule has 0 saturated heterocycles. The minimum atomic E-state index is -2.08. The Bertz CT molecular complexity index is 200. The first kappa shape index (κ1) is 10.5. The van der Waals surface area contributed by atoms with Crippen LogP contribution in [0.15, 0.2) is 12.7 Å². The molecular weight excluding hydrogens is 164 g/mol. The Labute approximate surface area is 69.2 Å². The lowest BCUT2D eigenvalue weighted by Gasteiger charge is -2.10. The molecule has 0 radical (unpaired) electrons. The molecule has 0 fully saturated rings. The number of hydrogen-bond donors (Lipinski definition) is 0. The fraction of sp³-hybridized carbons (Fsp3) is 0.667. The van der Waals surface area contributed by atoms with Crippen LogP contribution in [0.25, 0.3) is 0 Å². The van der Waals surface area contributed by atoms with E-state index in [0.717, 1.165) is 6.92 Å². The Balaban J connectivity index is 4.50. The quantitative estimate of drug-likeness (QED) is 0.271. The second kappa shape index (κ2) is 3.80. The van der Waals surface area contributed by atoms with Crippen LogP contribution in [0.5, 0.6) is 0 Å². The fourth-order valence-electron chi connectivity index (χ4n) is 0.625. The third-order valence-electron chi connectivity index (χ3n) is 1.61. The summed E-state index contributed by atoms with van der Waals surface area (Å²) in [7, 11) is 0. The van der Waals surface area contributed by atoms with Gasteiger partial charge in [0.15, 0.2) is 0 Å². The summed E-state index contributed by atoms with van der Waals surface area (Å²) in [6.45, 7) is 4.33. The van der Waals surface area contributed by atoms with E-state index in [1.54, 1.807) is 0 Å². The van der Waals surface area contributed by atoms with E-state index in [4.69, 9.17) is 0 Å². The van der Waals surface area contributed by atoms with Gasteiger partial charge < -0.3 is 0 Å². The monoisotopic (exact) mass is 174 g/mol. The summed E-state index contributed by atoms with van der Waals surface area (Å²) in [5.41, 5.74) is -2.08. The molecule has 12 heavy (non-hydrogen) atoms. The van der Waals surface area contributed by atoms with Crippen LogP contribution in [-0.4, -0.2) is 15.5 Å². The molecule has 0 aliphatic carbocycles. The Morgan fingerprint density at radius 1 is 1.42 bits per heavy atom. The van der Waals surface area contributed by atoms with Gasteiger partial charge in [-0.25, -0.2) is 0 Å². The van der Waals surface area contributed by atoms with Crippen LogP contribution < -0.4 is 0 Å². The highest BCUT2D eigenvalue weighted by atomic mass is 16.7. The van der Waals surface area contributed by atoms with Crippen molar-refractivity contribution in [1.29, 1.82) is 0 Å². The SMILES string of the molecule is C=CCCC(C)([N+](=O)[O-])[N+](=O)[O-]. The maximum absolute atomic E-state index is 10.3. The molecule has 0 aromatic carbocycles. The van der Waals surface area contributed by atoms with Crippen molar-refractivity contribution in [3.8, 4) is 0 Å². The molecule has 0 heterocycles. The molecule has 0 N–H and O–H groups in total. The molecular formula is C6H10N2O4. The molecule has 0 rings (SSSR count). The molecule has 0 aromatic rings. The predicted octanol–water partition coefficient (Wildman–Crippen LogP) is 1.22. The zero-order chi connectivity index (χ0) is 9.78. The van der Waals surface area contributed by atoms with E-state index < -0.39 is 15.5 Å². The molecule has 0 amide bonds. The van der Waals surface area contributed by atoms with Crippen molar-refractivity contribution in [1.82, 2.24) is 0 Å². The summed E-state index contributed by atoms with van der Waals surface area (Å²) >= 11 is 0. The molecule has 0 saturated carbocycles. The molecule has 6 nitrogen and oxygen atoms in total. The Morgan fingerprint density at radius 2 is 1.83 bits per heavy atom. The van der Waals surface area contributed by atoms with Crippen molar-refractivity contribution in [2.45, 2.75) is 25.4 Å². The van der Waals surface area contributed by atoms with Gasteiger partial charge in [-0.3, -0.25) is 20.2 Å². The van der Waals surface area contributed by atoms with E-state index >= 15 is 0 Å². The van der Waals surface area contributed by atoms with Crippen LogP contribution in [0.2, 0.25) is 0 Å². The number of allylic oxidation sites excluding steroid dienone is 1. The van der Waals surface area contributed by atoms with E-state index in [1.807, 2.05) is 0 Å². The van der Waals surface area contributed by atoms with Crippen LogP contribution in [-0.2, 0) is 0 Å². The van der Waals surface area contributed by atoms with Crippen molar-refractivity contribution in [2.24, 2.45) is 0 Å². The van der Waals surface area contributed by atoms with Crippen molar-refractivity contribution in [3.63, 3.8) is 0 Å². The standard InChI is InChI=1S/C6H10N2O4/c1-3-4-5-6(2,7(9)10)8(11)12/h3H,1,4-5H2,2H3. The molecule has 0 unspecified atom stereocenters. The van der Waals surface area contributed by atoms with Gasteiger partial charge in [-0.05, 0) is 6.42 Å². The normalized spacial score (nSPS) is 10.8. The van der Waals surface area contributed by atoms with Crippen LogP contribution in [0, 0.1) is 20.2 Å². The maximum Gasteiger partial charge on any atom is 0.456 e. The highest BCUT2D eigenvalue weighted by Crippen LogP contribution is 2.17. The minimum absolute atomic E-state index is 0.128. The predicted molar refractivity (Wildman–Crippen MR) is 41.8 cm³/mol. The molecule has 0 aromatic heterocycles.